The van der Waals surface area contributed by atoms with Gasteiger partial charge in [-0.15, -0.1) is 0 Å². The molecule has 0 aromatic heterocycles. The number of nitrogens with zero attached hydrogens (tertiary/aromatic N) is 2. The summed E-state index contributed by atoms with van der Waals surface area (Å²) in [6.45, 7) is 5.16. The lowest BCUT2D eigenvalue weighted by atomic mass is 9.95. The van der Waals surface area contributed by atoms with Crippen molar-refractivity contribution in [1.29, 1.82) is 0 Å². The third kappa shape index (κ3) is 4.10. The highest BCUT2D eigenvalue weighted by Crippen LogP contribution is 2.21. The molecule has 15 heavy (non-hydrogen) atoms. The van der Waals surface area contributed by atoms with Crippen molar-refractivity contribution in [2.45, 2.75) is 52.0 Å². The van der Waals surface area contributed by atoms with Gasteiger partial charge in [-0.2, -0.15) is 0 Å². The lowest BCUT2D eigenvalue weighted by Crippen LogP contribution is -2.43. The summed E-state index contributed by atoms with van der Waals surface area (Å²) >= 11 is 0. The zero-order valence-corrected chi connectivity index (χ0v) is 10.4. The number of nitrogens with two attached hydrogens (primary N) is 1. The van der Waals surface area contributed by atoms with Crippen LogP contribution < -0.4 is 5.73 Å². The highest BCUT2D eigenvalue weighted by atomic mass is 15.3. The maximum absolute atomic E-state index is 5.97. The Labute approximate surface area is 93.7 Å². The largest absolute Gasteiger partial charge is 0.370 e. The first-order valence-electron chi connectivity index (χ1n) is 6.14. The van der Waals surface area contributed by atoms with Gasteiger partial charge in [-0.1, -0.05) is 33.1 Å². The summed E-state index contributed by atoms with van der Waals surface area (Å²) in [5.41, 5.74) is 5.97. The minimum absolute atomic E-state index is 0.586. The zero-order chi connectivity index (χ0) is 11.3. The summed E-state index contributed by atoms with van der Waals surface area (Å²) in [6, 6.07) is 0.620. The SMILES string of the molecule is CC(C)CN=C(N)N(C)C1CCCCC1. The highest BCUT2D eigenvalue weighted by Gasteiger charge is 2.18. The molecular formula is C12H25N3. The Kier molecular flexibility index (Phi) is 4.92. The van der Waals surface area contributed by atoms with Gasteiger partial charge in [-0.25, -0.2) is 0 Å². The summed E-state index contributed by atoms with van der Waals surface area (Å²) in [7, 11) is 2.08. The molecular weight excluding hydrogens is 186 g/mol. The maximum Gasteiger partial charge on any atom is 0.191 e. The van der Waals surface area contributed by atoms with Crippen molar-refractivity contribution >= 4 is 5.96 Å². The summed E-state index contributed by atoms with van der Waals surface area (Å²) in [5, 5.41) is 0. The fraction of sp³-hybridized carbons (Fsp3) is 0.917. The molecule has 0 heterocycles. The van der Waals surface area contributed by atoms with Gasteiger partial charge in [-0.05, 0) is 18.8 Å². The third-order valence-electron chi connectivity index (χ3n) is 3.10. The van der Waals surface area contributed by atoms with Gasteiger partial charge in [0.25, 0.3) is 0 Å². The molecule has 0 bridgehead atoms. The molecule has 0 aliphatic heterocycles. The molecule has 0 radical (unpaired) electrons. The number of hydrogen-bond acceptors (Lipinski definition) is 1. The average molecular weight is 211 g/mol. The Bertz CT molecular complexity index is 205. The lowest BCUT2D eigenvalue weighted by molar-refractivity contribution is 0.275. The molecule has 3 nitrogen and oxygen atoms in total. The molecule has 0 spiro atoms. The molecule has 1 rings (SSSR count). The molecule has 0 aromatic carbocycles. The van der Waals surface area contributed by atoms with Gasteiger partial charge in [-0.3, -0.25) is 4.99 Å². The van der Waals surface area contributed by atoms with E-state index in [1.165, 1.54) is 32.1 Å². The van der Waals surface area contributed by atoms with Gasteiger partial charge in [0.15, 0.2) is 5.96 Å². The minimum Gasteiger partial charge on any atom is -0.370 e. The second kappa shape index (κ2) is 5.99. The maximum atomic E-state index is 5.97. The van der Waals surface area contributed by atoms with Crippen LogP contribution in [-0.2, 0) is 0 Å². The van der Waals surface area contributed by atoms with Crippen molar-refractivity contribution in [2.24, 2.45) is 16.6 Å². The monoisotopic (exact) mass is 211 g/mol. The Morgan fingerprint density at radius 3 is 2.47 bits per heavy atom. The van der Waals surface area contributed by atoms with Crippen LogP contribution in [0.4, 0.5) is 0 Å². The van der Waals surface area contributed by atoms with E-state index in [-0.39, 0.29) is 0 Å². The first-order chi connectivity index (χ1) is 7.11. The lowest BCUT2D eigenvalue weighted by Gasteiger charge is -2.32. The topological polar surface area (TPSA) is 41.6 Å². The van der Waals surface area contributed by atoms with Crippen LogP contribution in [-0.4, -0.2) is 30.5 Å². The summed E-state index contributed by atoms with van der Waals surface area (Å²) < 4.78 is 0. The van der Waals surface area contributed by atoms with E-state index in [0.717, 1.165) is 12.5 Å². The summed E-state index contributed by atoms with van der Waals surface area (Å²) in [4.78, 5) is 6.59. The number of aliphatic imine (C=N–C) groups is 1. The smallest absolute Gasteiger partial charge is 0.191 e. The van der Waals surface area contributed by atoms with E-state index in [4.69, 9.17) is 5.73 Å². The second-order valence-corrected chi connectivity index (χ2v) is 5.00. The van der Waals surface area contributed by atoms with Crippen molar-refractivity contribution in [3.63, 3.8) is 0 Å². The molecule has 0 atom stereocenters. The average Bonchev–Trinajstić information content (AvgIpc) is 2.26. The van der Waals surface area contributed by atoms with E-state index in [0.29, 0.717) is 12.0 Å². The van der Waals surface area contributed by atoms with Crippen LogP contribution in [0.15, 0.2) is 4.99 Å². The molecule has 0 amide bonds. The summed E-state index contributed by atoms with van der Waals surface area (Å²) in [6.07, 6.45) is 6.61. The van der Waals surface area contributed by atoms with Crippen LogP contribution in [0, 0.1) is 5.92 Å². The van der Waals surface area contributed by atoms with Gasteiger partial charge in [0.2, 0.25) is 0 Å². The Morgan fingerprint density at radius 2 is 1.93 bits per heavy atom. The van der Waals surface area contributed by atoms with Crippen LogP contribution >= 0.6 is 0 Å². The van der Waals surface area contributed by atoms with Crippen LogP contribution in [0.5, 0.6) is 0 Å². The molecule has 1 fully saturated rings. The predicted molar refractivity (Wildman–Crippen MR) is 66.0 cm³/mol. The third-order valence-corrected chi connectivity index (χ3v) is 3.10. The fourth-order valence-electron chi connectivity index (χ4n) is 2.04. The highest BCUT2D eigenvalue weighted by molar-refractivity contribution is 5.78. The Hall–Kier alpha value is -0.730. The van der Waals surface area contributed by atoms with Crippen LogP contribution in [0.2, 0.25) is 0 Å². The van der Waals surface area contributed by atoms with E-state index in [9.17, 15) is 0 Å². The minimum atomic E-state index is 0.586. The van der Waals surface area contributed by atoms with Crippen LogP contribution in [0.3, 0.4) is 0 Å². The van der Waals surface area contributed by atoms with Crippen molar-refractivity contribution in [2.75, 3.05) is 13.6 Å². The van der Waals surface area contributed by atoms with Crippen molar-refractivity contribution in [3.8, 4) is 0 Å². The first-order valence-corrected chi connectivity index (χ1v) is 6.14. The zero-order valence-electron chi connectivity index (χ0n) is 10.4. The standard InChI is InChI=1S/C12H25N3/c1-10(2)9-14-12(13)15(3)11-7-5-4-6-8-11/h10-11H,4-9H2,1-3H3,(H2,13,14). The first kappa shape index (κ1) is 12.3. The molecule has 2 N–H and O–H groups in total. The van der Waals surface area contributed by atoms with Gasteiger partial charge >= 0.3 is 0 Å². The van der Waals surface area contributed by atoms with E-state index >= 15 is 0 Å². The summed E-state index contributed by atoms with van der Waals surface area (Å²) in [5.74, 6) is 1.30. The van der Waals surface area contributed by atoms with E-state index in [1.807, 2.05) is 0 Å². The van der Waals surface area contributed by atoms with Gasteiger partial charge in [0.05, 0.1) is 0 Å². The molecule has 0 aromatic rings. The van der Waals surface area contributed by atoms with Gasteiger partial charge < -0.3 is 10.6 Å². The van der Waals surface area contributed by atoms with E-state index in [2.05, 4.69) is 30.8 Å². The van der Waals surface area contributed by atoms with Crippen LogP contribution in [0.25, 0.3) is 0 Å². The molecule has 0 saturated heterocycles. The van der Waals surface area contributed by atoms with Crippen molar-refractivity contribution in [1.82, 2.24) is 4.90 Å². The Balaban J connectivity index is 2.43. The predicted octanol–water partition coefficient (Wildman–Crippen LogP) is 2.22. The van der Waals surface area contributed by atoms with E-state index < -0.39 is 0 Å². The quantitative estimate of drug-likeness (QED) is 0.574. The van der Waals surface area contributed by atoms with E-state index in [1.54, 1.807) is 0 Å². The molecule has 0 unspecified atom stereocenters. The molecule has 1 aliphatic carbocycles. The Morgan fingerprint density at radius 1 is 1.33 bits per heavy atom. The fourth-order valence-corrected chi connectivity index (χ4v) is 2.04. The van der Waals surface area contributed by atoms with Crippen LogP contribution in [0.1, 0.15) is 46.0 Å². The molecule has 3 heteroatoms. The number of guanidine groups is 1. The molecule has 1 aliphatic rings. The molecule has 1 saturated carbocycles. The van der Waals surface area contributed by atoms with Crippen molar-refractivity contribution in [3.05, 3.63) is 0 Å². The number of hydrogen-bond donors (Lipinski definition) is 1. The van der Waals surface area contributed by atoms with Crippen molar-refractivity contribution < 1.29 is 0 Å². The second-order valence-electron chi connectivity index (χ2n) is 5.00. The normalized spacial score (nSPS) is 19.6. The molecule has 88 valence electrons. The van der Waals surface area contributed by atoms with Gasteiger partial charge in [0.1, 0.15) is 0 Å². The number of rotatable bonds is 3. The van der Waals surface area contributed by atoms with Gasteiger partial charge in [0, 0.05) is 19.6 Å².